The van der Waals surface area contributed by atoms with Crippen LogP contribution < -0.4 is 10.1 Å². The number of rotatable bonds is 2. The Morgan fingerprint density at radius 2 is 1.70 bits per heavy atom. The fourth-order valence-corrected chi connectivity index (χ4v) is 1.98. The number of fused-ring (bicyclic) bond motifs is 1. The smallest absolute Gasteiger partial charge is 0.412 e. The number of nitrogens with one attached hydrogen (secondary N) is 1. The summed E-state index contributed by atoms with van der Waals surface area (Å²) in [6.07, 6.45) is -0.465. The van der Waals surface area contributed by atoms with Gasteiger partial charge in [-0.2, -0.15) is 0 Å². The van der Waals surface area contributed by atoms with E-state index in [2.05, 4.69) is 5.32 Å². The van der Waals surface area contributed by atoms with Gasteiger partial charge in [0.2, 0.25) is 0 Å². The van der Waals surface area contributed by atoms with Gasteiger partial charge in [0.15, 0.2) is 0 Å². The van der Waals surface area contributed by atoms with Crippen molar-refractivity contribution in [2.45, 2.75) is 26.4 Å². The number of benzene rings is 2. The molecule has 4 nitrogen and oxygen atoms in total. The molecule has 0 aliphatic carbocycles. The quantitative estimate of drug-likeness (QED) is 0.892. The van der Waals surface area contributed by atoms with Crippen LogP contribution in [-0.2, 0) is 4.74 Å². The largest absolute Gasteiger partial charge is 0.496 e. The number of amides is 1. The number of methoxy groups -OCH3 is 1. The van der Waals surface area contributed by atoms with E-state index in [4.69, 9.17) is 9.47 Å². The Morgan fingerprint density at radius 3 is 2.35 bits per heavy atom. The number of hydrogen-bond acceptors (Lipinski definition) is 3. The summed E-state index contributed by atoms with van der Waals surface area (Å²) in [5.41, 5.74) is 0.183. The lowest BCUT2D eigenvalue weighted by Gasteiger charge is -2.20. The molecule has 0 spiro atoms. The summed E-state index contributed by atoms with van der Waals surface area (Å²) < 4.78 is 10.6. The SMILES string of the molecule is COc1cccc2c(NC(=O)OC(C)(C)C)cccc12. The van der Waals surface area contributed by atoms with E-state index in [0.717, 1.165) is 16.5 Å². The number of carbonyl (C=O) groups excluding carboxylic acids is 1. The van der Waals surface area contributed by atoms with Gasteiger partial charge in [-0.3, -0.25) is 5.32 Å². The fraction of sp³-hybridized carbons (Fsp3) is 0.312. The predicted octanol–water partition coefficient (Wildman–Crippen LogP) is 4.20. The zero-order chi connectivity index (χ0) is 14.8. The zero-order valence-electron chi connectivity index (χ0n) is 12.2. The Balaban J connectivity index is 2.34. The maximum absolute atomic E-state index is 11.9. The summed E-state index contributed by atoms with van der Waals surface area (Å²) in [5, 5.41) is 4.64. The first-order chi connectivity index (χ1) is 9.40. The molecule has 0 atom stereocenters. The second-order valence-electron chi connectivity index (χ2n) is 5.49. The van der Waals surface area contributed by atoms with Crippen LogP contribution in [0.1, 0.15) is 20.8 Å². The van der Waals surface area contributed by atoms with Gasteiger partial charge >= 0.3 is 6.09 Å². The second kappa shape index (κ2) is 5.41. The predicted molar refractivity (Wildman–Crippen MR) is 80.4 cm³/mol. The third-order valence-corrected chi connectivity index (χ3v) is 2.74. The summed E-state index contributed by atoms with van der Waals surface area (Å²) in [7, 11) is 1.63. The van der Waals surface area contributed by atoms with Crippen molar-refractivity contribution in [1.82, 2.24) is 0 Å². The molecule has 2 aromatic rings. The first kappa shape index (κ1) is 14.2. The van der Waals surface area contributed by atoms with Crippen molar-refractivity contribution in [2.75, 3.05) is 12.4 Å². The van der Waals surface area contributed by atoms with E-state index in [9.17, 15) is 4.79 Å². The summed E-state index contributed by atoms with van der Waals surface area (Å²) in [6.45, 7) is 5.50. The standard InChI is InChI=1S/C16H19NO3/c1-16(2,3)20-15(18)17-13-9-5-8-12-11(13)7-6-10-14(12)19-4/h5-10H,1-4H3,(H,17,18). The Kier molecular flexibility index (Phi) is 3.84. The molecule has 2 rings (SSSR count). The molecule has 1 amide bonds. The summed E-state index contributed by atoms with van der Waals surface area (Å²) in [5.74, 6) is 0.773. The molecule has 4 heteroatoms. The van der Waals surface area contributed by atoms with E-state index in [-0.39, 0.29) is 0 Å². The molecule has 106 valence electrons. The van der Waals surface area contributed by atoms with E-state index < -0.39 is 11.7 Å². The van der Waals surface area contributed by atoms with Gasteiger partial charge in [0.25, 0.3) is 0 Å². The lowest BCUT2D eigenvalue weighted by molar-refractivity contribution is 0.0636. The maximum atomic E-state index is 11.9. The summed E-state index contributed by atoms with van der Waals surface area (Å²) >= 11 is 0. The monoisotopic (exact) mass is 273 g/mol. The molecule has 2 aromatic carbocycles. The van der Waals surface area contributed by atoms with E-state index in [1.165, 1.54) is 0 Å². The molecule has 0 bridgehead atoms. The molecular formula is C16H19NO3. The lowest BCUT2D eigenvalue weighted by atomic mass is 10.1. The average Bonchev–Trinajstić information content (AvgIpc) is 2.36. The number of anilines is 1. The van der Waals surface area contributed by atoms with Gasteiger partial charge in [0.05, 0.1) is 12.8 Å². The minimum atomic E-state index is -0.521. The molecule has 0 saturated carbocycles. The van der Waals surface area contributed by atoms with Gasteiger partial charge < -0.3 is 9.47 Å². The Morgan fingerprint density at radius 1 is 1.05 bits per heavy atom. The van der Waals surface area contributed by atoms with Gasteiger partial charge in [-0.1, -0.05) is 24.3 Å². The van der Waals surface area contributed by atoms with Crippen LogP contribution in [0.3, 0.4) is 0 Å². The Labute approximate surface area is 118 Å². The van der Waals surface area contributed by atoms with Crippen LogP contribution in [0.15, 0.2) is 36.4 Å². The molecule has 0 unspecified atom stereocenters. The normalized spacial score (nSPS) is 11.2. The highest BCUT2D eigenvalue weighted by molar-refractivity contribution is 6.02. The van der Waals surface area contributed by atoms with Crippen molar-refractivity contribution < 1.29 is 14.3 Å². The number of hydrogen-bond donors (Lipinski definition) is 1. The molecule has 0 fully saturated rings. The number of ether oxygens (including phenoxy) is 2. The van der Waals surface area contributed by atoms with Crippen LogP contribution in [0.4, 0.5) is 10.5 Å². The minimum Gasteiger partial charge on any atom is -0.496 e. The van der Waals surface area contributed by atoms with Gasteiger partial charge in [0, 0.05) is 10.8 Å². The second-order valence-corrected chi connectivity index (χ2v) is 5.49. The summed E-state index contributed by atoms with van der Waals surface area (Å²) in [4.78, 5) is 11.9. The lowest BCUT2D eigenvalue weighted by Crippen LogP contribution is -2.27. The van der Waals surface area contributed by atoms with E-state index in [1.807, 2.05) is 57.2 Å². The topological polar surface area (TPSA) is 47.6 Å². The van der Waals surface area contributed by atoms with Gasteiger partial charge in [0.1, 0.15) is 11.4 Å². The molecule has 0 radical (unpaired) electrons. The highest BCUT2D eigenvalue weighted by Gasteiger charge is 2.17. The first-order valence-corrected chi connectivity index (χ1v) is 6.46. The number of carbonyl (C=O) groups is 1. The fourth-order valence-electron chi connectivity index (χ4n) is 1.98. The van der Waals surface area contributed by atoms with E-state index in [1.54, 1.807) is 7.11 Å². The van der Waals surface area contributed by atoms with Gasteiger partial charge in [-0.05, 0) is 32.9 Å². The van der Waals surface area contributed by atoms with Gasteiger partial charge in [-0.25, -0.2) is 4.79 Å². The summed E-state index contributed by atoms with van der Waals surface area (Å²) in [6, 6.07) is 11.4. The molecule has 20 heavy (non-hydrogen) atoms. The van der Waals surface area contributed by atoms with Crippen molar-refractivity contribution >= 4 is 22.6 Å². The zero-order valence-corrected chi connectivity index (χ0v) is 12.2. The molecule has 0 aliphatic rings. The first-order valence-electron chi connectivity index (χ1n) is 6.46. The van der Waals surface area contributed by atoms with Crippen molar-refractivity contribution in [3.8, 4) is 5.75 Å². The van der Waals surface area contributed by atoms with Crippen LogP contribution in [-0.4, -0.2) is 18.8 Å². The molecule has 0 heterocycles. The Hall–Kier alpha value is -2.23. The minimum absolute atomic E-state index is 0.465. The highest BCUT2D eigenvalue weighted by Crippen LogP contribution is 2.30. The van der Waals surface area contributed by atoms with Crippen LogP contribution in [0.5, 0.6) is 5.75 Å². The van der Waals surface area contributed by atoms with Crippen molar-refractivity contribution in [2.24, 2.45) is 0 Å². The third-order valence-electron chi connectivity index (χ3n) is 2.74. The van der Waals surface area contributed by atoms with E-state index in [0.29, 0.717) is 5.69 Å². The van der Waals surface area contributed by atoms with Crippen LogP contribution >= 0.6 is 0 Å². The van der Waals surface area contributed by atoms with Gasteiger partial charge in [-0.15, -0.1) is 0 Å². The molecule has 1 N–H and O–H groups in total. The average molecular weight is 273 g/mol. The molecule has 0 aromatic heterocycles. The van der Waals surface area contributed by atoms with Crippen LogP contribution in [0.25, 0.3) is 10.8 Å². The van der Waals surface area contributed by atoms with Crippen LogP contribution in [0, 0.1) is 0 Å². The maximum Gasteiger partial charge on any atom is 0.412 e. The molecule has 0 saturated heterocycles. The molecule has 0 aliphatic heterocycles. The van der Waals surface area contributed by atoms with Crippen LogP contribution in [0.2, 0.25) is 0 Å². The van der Waals surface area contributed by atoms with Crippen molar-refractivity contribution in [1.29, 1.82) is 0 Å². The Bertz CT molecular complexity index is 629. The van der Waals surface area contributed by atoms with Crippen molar-refractivity contribution in [3.05, 3.63) is 36.4 Å². The third kappa shape index (κ3) is 3.20. The van der Waals surface area contributed by atoms with Crippen molar-refractivity contribution in [3.63, 3.8) is 0 Å². The van der Waals surface area contributed by atoms with E-state index >= 15 is 0 Å². The highest BCUT2D eigenvalue weighted by atomic mass is 16.6. The molecular weight excluding hydrogens is 254 g/mol.